The average molecular weight is 262 g/mol. The molecule has 0 unspecified atom stereocenters. The molecule has 2 rings (SSSR count). The van der Waals surface area contributed by atoms with E-state index >= 15 is 0 Å². The predicted octanol–water partition coefficient (Wildman–Crippen LogP) is 1.39. The Balaban J connectivity index is 1.73. The Morgan fingerprint density at radius 3 is 2.84 bits per heavy atom. The third-order valence-electron chi connectivity index (χ3n) is 3.70. The Hall–Kier alpha value is -1.55. The second-order valence-electron chi connectivity index (χ2n) is 5.40. The van der Waals surface area contributed by atoms with Crippen LogP contribution < -0.4 is 5.32 Å². The number of carbonyl (C=O) groups is 1. The van der Waals surface area contributed by atoms with Crippen LogP contribution >= 0.6 is 0 Å². The molecular weight excluding hydrogens is 240 g/mol. The first kappa shape index (κ1) is 13.9. The molecule has 1 aliphatic heterocycles. The summed E-state index contributed by atoms with van der Waals surface area (Å²) in [6, 6.07) is 6.86. The second kappa shape index (κ2) is 6.57. The zero-order valence-electron chi connectivity index (χ0n) is 11.4. The van der Waals surface area contributed by atoms with Crippen LogP contribution in [0.4, 0.5) is 0 Å². The monoisotopic (exact) mass is 262 g/mol. The van der Waals surface area contributed by atoms with Gasteiger partial charge in [0.1, 0.15) is 5.75 Å². The molecule has 1 aliphatic rings. The number of hydrogen-bond acceptors (Lipinski definition) is 3. The average Bonchev–Trinajstić information content (AvgIpc) is 2.38. The third kappa shape index (κ3) is 4.56. The number of rotatable bonds is 4. The normalized spacial score (nSPS) is 17.3. The first-order chi connectivity index (χ1) is 9.13. The minimum atomic E-state index is 0.0320. The van der Waals surface area contributed by atoms with Crippen molar-refractivity contribution in [2.75, 3.05) is 26.7 Å². The first-order valence-electron chi connectivity index (χ1n) is 6.86. The molecule has 0 saturated carbocycles. The Kier molecular flexibility index (Phi) is 4.80. The lowest BCUT2D eigenvalue weighted by Gasteiger charge is -2.28. The molecule has 19 heavy (non-hydrogen) atoms. The summed E-state index contributed by atoms with van der Waals surface area (Å²) in [7, 11) is 2.14. The number of nitrogens with zero attached hydrogens (tertiary/aromatic N) is 1. The number of piperidine rings is 1. The molecule has 0 spiro atoms. The van der Waals surface area contributed by atoms with Gasteiger partial charge in [-0.15, -0.1) is 0 Å². The van der Waals surface area contributed by atoms with Gasteiger partial charge in [0.25, 0.3) is 0 Å². The number of carbonyl (C=O) groups excluding carboxylic acids is 1. The second-order valence-corrected chi connectivity index (χ2v) is 5.40. The summed E-state index contributed by atoms with van der Waals surface area (Å²) in [5.41, 5.74) is 0.848. The van der Waals surface area contributed by atoms with E-state index in [0.717, 1.165) is 38.0 Å². The molecule has 4 nitrogen and oxygen atoms in total. The molecule has 1 amide bonds. The van der Waals surface area contributed by atoms with Crippen LogP contribution in [0.25, 0.3) is 0 Å². The van der Waals surface area contributed by atoms with Gasteiger partial charge in [-0.05, 0) is 56.6 Å². The maximum atomic E-state index is 11.8. The molecule has 1 heterocycles. The highest BCUT2D eigenvalue weighted by atomic mass is 16.3. The predicted molar refractivity (Wildman–Crippen MR) is 75.0 cm³/mol. The van der Waals surface area contributed by atoms with Crippen LogP contribution in [0, 0.1) is 5.92 Å². The van der Waals surface area contributed by atoms with Crippen molar-refractivity contribution in [2.45, 2.75) is 19.3 Å². The van der Waals surface area contributed by atoms with Crippen molar-refractivity contribution >= 4 is 5.91 Å². The van der Waals surface area contributed by atoms with Crippen molar-refractivity contribution in [2.24, 2.45) is 5.92 Å². The Bertz CT molecular complexity index is 426. The minimum absolute atomic E-state index is 0.0320. The van der Waals surface area contributed by atoms with Crippen molar-refractivity contribution < 1.29 is 9.90 Å². The third-order valence-corrected chi connectivity index (χ3v) is 3.70. The molecule has 0 aromatic heterocycles. The molecule has 1 fully saturated rings. The number of phenols is 1. The topological polar surface area (TPSA) is 52.6 Å². The minimum Gasteiger partial charge on any atom is -0.508 e. The molecule has 1 aromatic rings. The lowest BCUT2D eigenvalue weighted by Crippen LogP contribution is -2.37. The largest absolute Gasteiger partial charge is 0.508 e. The van der Waals surface area contributed by atoms with Crippen LogP contribution in [0.15, 0.2) is 24.3 Å². The zero-order valence-corrected chi connectivity index (χ0v) is 11.4. The Morgan fingerprint density at radius 1 is 1.42 bits per heavy atom. The Labute approximate surface area is 114 Å². The van der Waals surface area contributed by atoms with E-state index in [1.165, 1.54) is 0 Å². The van der Waals surface area contributed by atoms with Gasteiger partial charge in [0, 0.05) is 6.54 Å². The van der Waals surface area contributed by atoms with Gasteiger partial charge < -0.3 is 15.3 Å². The van der Waals surface area contributed by atoms with Crippen LogP contribution in [0.5, 0.6) is 5.75 Å². The lowest BCUT2D eigenvalue weighted by atomic mass is 9.97. The highest BCUT2D eigenvalue weighted by Gasteiger charge is 2.17. The molecular formula is C15H22N2O2. The molecule has 0 aliphatic carbocycles. The quantitative estimate of drug-likeness (QED) is 0.862. The van der Waals surface area contributed by atoms with Gasteiger partial charge in [0.15, 0.2) is 0 Å². The van der Waals surface area contributed by atoms with Crippen LogP contribution in [-0.4, -0.2) is 42.6 Å². The van der Waals surface area contributed by atoms with Crippen molar-refractivity contribution in [3.05, 3.63) is 29.8 Å². The van der Waals surface area contributed by atoms with Gasteiger partial charge in [-0.3, -0.25) is 4.79 Å². The van der Waals surface area contributed by atoms with E-state index in [9.17, 15) is 9.90 Å². The van der Waals surface area contributed by atoms with Gasteiger partial charge >= 0.3 is 0 Å². The number of nitrogens with one attached hydrogen (secondary N) is 1. The summed E-state index contributed by atoms with van der Waals surface area (Å²) in [4.78, 5) is 14.2. The van der Waals surface area contributed by atoms with Crippen LogP contribution in [-0.2, 0) is 11.2 Å². The molecule has 0 radical (unpaired) electrons. The number of benzene rings is 1. The number of phenolic OH excluding ortho intramolecular Hbond substituents is 1. The standard InChI is InChI=1S/C15H22N2O2/c1-17-7-5-12(6-8-17)11-16-15(19)10-13-3-2-4-14(18)9-13/h2-4,9,12,18H,5-8,10-11H2,1H3,(H,16,19). The van der Waals surface area contributed by atoms with E-state index < -0.39 is 0 Å². The van der Waals surface area contributed by atoms with Crippen LogP contribution in [0.2, 0.25) is 0 Å². The smallest absolute Gasteiger partial charge is 0.224 e. The molecule has 1 aromatic carbocycles. The van der Waals surface area contributed by atoms with Crippen molar-refractivity contribution in [3.63, 3.8) is 0 Å². The fourth-order valence-corrected chi connectivity index (χ4v) is 2.44. The first-order valence-corrected chi connectivity index (χ1v) is 6.86. The van der Waals surface area contributed by atoms with Gasteiger partial charge in [-0.1, -0.05) is 12.1 Å². The van der Waals surface area contributed by atoms with E-state index in [4.69, 9.17) is 0 Å². The highest BCUT2D eigenvalue weighted by Crippen LogP contribution is 2.15. The number of aromatic hydroxyl groups is 1. The summed E-state index contributed by atoms with van der Waals surface area (Å²) in [5, 5.41) is 12.3. The van der Waals surface area contributed by atoms with Gasteiger partial charge in [-0.2, -0.15) is 0 Å². The SMILES string of the molecule is CN1CCC(CNC(=O)Cc2cccc(O)c2)CC1. The summed E-state index contributed by atoms with van der Waals surface area (Å²) >= 11 is 0. The molecule has 0 bridgehead atoms. The fraction of sp³-hybridized carbons (Fsp3) is 0.533. The van der Waals surface area contributed by atoms with E-state index in [-0.39, 0.29) is 11.7 Å². The van der Waals surface area contributed by atoms with E-state index in [0.29, 0.717) is 12.3 Å². The Morgan fingerprint density at radius 2 is 2.16 bits per heavy atom. The molecule has 4 heteroatoms. The molecule has 1 saturated heterocycles. The van der Waals surface area contributed by atoms with Crippen molar-refractivity contribution in [1.29, 1.82) is 0 Å². The highest BCUT2D eigenvalue weighted by molar-refractivity contribution is 5.78. The number of likely N-dealkylation sites (tertiary alicyclic amines) is 1. The summed E-state index contributed by atoms with van der Waals surface area (Å²) in [6.45, 7) is 3.01. The van der Waals surface area contributed by atoms with Crippen LogP contribution in [0.1, 0.15) is 18.4 Å². The van der Waals surface area contributed by atoms with Gasteiger partial charge in [-0.25, -0.2) is 0 Å². The van der Waals surface area contributed by atoms with Gasteiger partial charge in [0.2, 0.25) is 5.91 Å². The van der Waals surface area contributed by atoms with E-state index in [1.807, 2.05) is 6.07 Å². The fourth-order valence-electron chi connectivity index (χ4n) is 2.44. The summed E-state index contributed by atoms with van der Waals surface area (Å²) in [5.74, 6) is 0.842. The number of amides is 1. The maximum Gasteiger partial charge on any atom is 0.224 e. The molecule has 104 valence electrons. The van der Waals surface area contributed by atoms with E-state index in [1.54, 1.807) is 18.2 Å². The van der Waals surface area contributed by atoms with E-state index in [2.05, 4.69) is 17.3 Å². The zero-order chi connectivity index (χ0) is 13.7. The number of hydrogen-bond donors (Lipinski definition) is 2. The molecule has 2 N–H and O–H groups in total. The maximum absolute atomic E-state index is 11.8. The van der Waals surface area contributed by atoms with Gasteiger partial charge in [0.05, 0.1) is 6.42 Å². The lowest BCUT2D eigenvalue weighted by molar-refractivity contribution is -0.120. The van der Waals surface area contributed by atoms with Crippen molar-refractivity contribution in [3.8, 4) is 5.75 Å². The van der Waals surface area contributed by atoms with Crippen LogP contribution in [0.3, 0.4) is 0 Å². The summed E-state index contributed by atoms with van der Waals surface area (Å²) in [6.07, 6.45) is 2.65. The van der Waals surface area contributed by atoms with Crippen molar-refractivity contribution in [1.82, 2.24) is 10.2 Å². The molecule has 0 atom stereocenters. The summed E-state index contributed by atoms with van der Waals surface area (Å²) < 4.78 is 0.